The third kappa shape index (κ3) is 6.86. The predicted molar refractivity (Wildman–Crippen MR) is 97.1 cm³/mol. The average molecular weight is 378 g/mol. The highest BCUT2D eigenvalue weighted by atomic mass is 16.5. The normalized spacial score (nSPS) is 15.7. The fourth-order valence-corrected chi connectivity index (χ4v) is 2.92. The lowest BCUT2D eigenvalue weighted by atomic mass is 9.95. The molecule has 1 aromatic rings. The second-order valence-electron chi connectivity index (χ2n) is 6.52. The fourth-order valence-electron chi connectivity index (χ4n) is 2.92. The van der Waals surface area contributed by atoms with Crippen LogP contribution in [-0.4, -0.2) is 58.0 Å². The van der Waals surface area contributed by atoms with Crippen molar-refractivity contribution in [2.75, 3.05) is 13.2 Å². The number of carbonyl (C=O) groups excluding carboxylic acids is 2. The Bertz CT molecular complexity index is 666. The molecule has 0 aromatic carbocycles. The van der Waals surface area contributed by atoms with E-state index in [0.717, 1.165) is 25.7 Å². The molecule has 3 N–H and O–H groups in total. The zero-order valence-electron chi connectivity index (χ0n) is 15.2. The number of carboxylic acid groups (broad SMARTS) is 1. The molecule has 27 heavy (non-hydrogen) atoms. The summed E-state index contributed by atoms with van der Waals surface area (Å²) in [5.41, 5.74) is 0.176. The lowest BCUT2D eigenvalue weighted by Crippen LogP contribution is -2.44. The van der Waals surface area contributed by atoms with Crippen molar-refractivity contribution >= 4 is 17.8 Å². The van der Waals surface area contributed by atoms with Crippen LogP contribution in [-0.2, 0) is 20.9 Å². The summed E-state index contributed by atoms with van der Waals surface area (Å²) in [7, 11) is 0. The van der Waals surface area contributed by atoms with E-state index >= 15 is 0 Å². The minimum absolute atomic E-state index is 0.00852. The van der Waals surface area contributed by atoms with E-state index in [1.807, 2.05) is 0 Å². The molecule has 1 heterocycles. The molecule has 0 spiro atoms. The van der Waals surface area contributed by atoms with Crippen LogP contribution in [0.2, 0.25) is 0 Å². The van der Waals surface area contributed by atoms with E-state index in [2.05, 4.69) is 22.3 Å². The number of hydrogen-bond donors (Lipinski definition) is 3. The Morgan fingerprint density at radius 3 is 2.78 bits per heavy atom. The van der Waals surface area contributed by atoms with Crippen LogP contribution in [0.5, 0.6) is 0 Å². The maximum Gasteiger partial charge on any atom is 0.328 e. The number of nitrogens with one attached hydrogen (secondary N) is 2. The topological polar surface area (TPSA) is 123 Å². The van der Waals surface area contributed by atoms with Crippen LogP contribution >= 0.6 is 0 Å². The van der Waals surface area contributed by atoms with E-state index in [-0.39, 0.29) is 37.3 Å². The maximum atomic E-state index is 12.2. The summed E-state index contributed by atoms with van der Waals surface area (Å²) in [5, 5.41) is 18.5. The average Bonchev–Trinajstić information content (AvgIpc) is 3.10. The van der Waals surface area contributed by atoms with Gasteiger partial charge >= 0.3 is 5.97 Å². The smallest absolute Gasteiger partial charge is 0.328 e. The van der Waals surface area contributed by atoms with Gasteiger partial charge in [-0.25, -0.2) is 4.79 Å². The summed E-state index contributed by atoms with van der Waals surface area (Å²) < 4.78 is 6.44. The number of nitrogens with zero attached hydrogens (tertiary/aromatic N) is 2. The van der Waals surface area contributed by atoms with E-state index in [4.69, 9.17) is 9.84 Å². The molecular weight excluding hydrogens is 352 g/mol. The molecule has 9 nitrogen and oxygen atoms in total. The van der Waals surface area contributed by atoms with E-state index in [0.29, 0.717) is 0 Å². The third-order valence-corrected chi connectivity index (χ3v) is 4.29. The molecule has 2 amide bonds. The molecule has 1 atom stereocenters. The summed E-state index contributed by atoms with van der Waals surface area (Å²) in [5.74, 6) is -1.95. The molecule has 0 saturated heterocycles. The number of carbonyl (C=O) groups is 3. The van der Waals surface area contributed by atoms with Gasteiger partial charge < -0.3 is 20.5 Å². The molecular formula is C18H26N4O5. The van der Waals surface area contributed by atoms with Gasteiger partial charge in [-0.05, 0) is 12.8 Å². The molecule has 0 radical (unpaired) electrons. The first-order valence-electron chi connectivity index (χ1n) is 9.03. The Labute approximate surface area is 157 Å². The van der Waals surface area contributed by atoms with E-state index in [1.165, 1.54) is 29.6 Å². The van der Waals surface area contributed by atoms with E-state index in [9.17, 15) is 14.4 Å². The van der Waals surface area contributed by atoms with Crippen molar-refractivity contribution in [1.29, 1.82) is 0 Å². The Hall–Kier alpha value is -2.68. The van der Waals surface area contributed by atoms with Crippen LogP contribution in [0, 0.1) is 0 Å². The van der Waals surface area contributed by atoms with Crippen molar-refractivity contribution in [3.8, 4) is 0 Å². The molecule has 0 bridgehead atoms. The lowest BCUT2D eigenvalue weighted by Gasteiger charge is -2.22. The monoisotopic (exact) mass is 378 g/mol. The van der Waals surface area contributed by atoms with Crippen molar-refractivity contribution in [3.63, 3.8) is 0 Å². The zero-order chi connectivity index (χ0) is 19.6. The largest absolute Gasteiger partial charge is 0.480 e. The number of ether oxygens (including phenoxy) is 1. The zero-order valence-corrected chi connectivity index (χ0v) is 15.2. The minimum Gasteiger partial charge on any atom is -0.480 e. The molecule has 1 aliphatic carbocycles. The van der Waals surface area contributed by atoms with Crippen LogP contribution in [0.15, 0.2) is 25.0 Å². The number of aliphatic carboxylic acids is 1. The second-order valence-corrected chi connectivity index (χ2v) is 6.52. The third-order valence-electron chi connectivity index (χ3n) is 4.29. The Balaban J connectivity index is 1.85. The number of amides is 2. The summed E-state index contributed by atoms with van der Waals surface area (Å²) in [6.45, 7) is 3.49. The van der Waals surface area contributed by atoms with Crippen molar-refractivity contribution < 1.29 is 24.2 Å². The fraction of sp³-hybridized carbons (Fsp3) is 0.556. The summed E-state index contributed by atoms with van der Waals surface area (Å²) in [6.07, 6.45) is 9.64. The van der Waals surface area contributed by atoms with Gasteiger partial charge in [0.1, 0.15) is 6.54 Å². The molecule has 1 aliphatic rings. The van der Waals surface area contributed by atoms with Crippen molar-refractivity contribution in [3.05, 3.63) is 30.6 Å². The van der Waals surface area contributed by atoms with E-state index < -0.39 is 17.9 Å². The molecule has 1 saturated carbocycles. The van der Waals surface area contributed by atoms with Crippen LogP contribution in [0.25, 0.3) is 0 Å². The number of hydrogen-bond acceptors (Lipinski definition) is 5. The Morgan fingerprint density at radius 1 is 1.37 bits per heavy atom. The summed E-state index contributed by atoms with van der Waals surface area (Å²) in [6, 6.07) is -0.980. The summed E-state index contributed by atoms with van der Waals surface area (Å²) >= 11 is 0. The maximum absolute atomic E-state index is 12.2. The second kappa shape index (κ2) is 10.5. The van der Waals surface area contributed by atoms with Gasteiger partial charge in [-0.1, -0.05) is 25.3 Å². The van der Waals surface area contributed by atoms with E-state index in [1.54, 1.807) is 0 Å². The van der Waals surface area contributed by atoms with Gasteiger partial charge in [-0.3, -0.25) is 14.3 Å². The molecule has 0 aliphatic heterocycles. The SMILES string of the molecule is C=CCOCC(NC(=O)c1cnn(CC(=O)NC2CCCCC2)c1)C(=O)O. The van der Waals surface area contributed by atoms with Gasteiger partial charge in [0.25, 0.3) is 5.91 Å². The number of carboxylic acids is 1. The highest BCUT2D eigenvalue weighted by molar-refractivity contribution is 5.96. The van der Waals surface area contributed by atoms with Crippen LogP contribution in [0.1, 0.15) is 42.5 Å². The van der Waals surface area contributed by atoms with Crippen molar-refractivity contribution in [2.24, 2.45) is 0 Å². The first-order chi connectivity index (χ1) is 13.0. The molecule has 9 heteroatoms. The molecule has 1 unspecified atom stereocenters. The Kier molecular flexibility index (Phi) is 8.00. The lowest BCUT2D eigenvalue weighted by molar-refractivity contribution is -0.140. The molecule has 148 valence electrons. The van der Waals surface area contributed by atoms with Crippen LogP contribution in [0.4, 0.5) is 0 Å². The predicted octanol–water partition coefficient (Wildman–Crippen LogP) is 0.718. The van der Waals surface area contributed by atoms with Gasteiger partial charge in [-0.2, -0.15) is 5.10 Å². The highest BCUT2D eigenvalue weighted by Crippen LogP contribution is 2.17. The van der Waals surface area contributed by atoms with Crippen LogP contribution in [0.3, 0.4) is 0 Å². The van der Waals surface area contributed by atoms with Gasteiger partial charge in [0.05, 0.1) is 25.0 Å². The first-order valence-corrected chi connectivity index (χ1v) is 9.03. The molecule has 1 fully saturated rings. The minimum atomic E-state index is -1.20. The van der Waals surface area contributed by atoms with Gasteiger partial charge in [-0.15, -0.1) is 6.58 Å². The number of rotatable bonds is 10. The van der Waals surface area contributed by atoms with Gasteiger partial charge in [0.2, 0.25) is 5.91 Å². The molecule has 1 aromatic heterocycles. The Morgan fingerprint density at radius 2 is 2.11 bits per heavy atom. The molecule has 2 rings (SSSR count). The van der Waals surface area contributed by atoms with Crippen molar-refractivity contribution in [1.82, 2.24) is 20.4 Å². The van der Waals surface area contributed by atoms with Crippen LogP contribution < -0.4 is 10.6 Å². The standard InChI is InChI=1S/C18H26N4O5/c1-2-8-27-12-15(18(25)26)21-17(24)13-9-19-22(10-13)11-16(23)20-14-6-4-3-5-7-14/h2,9-10,14-15H,1,3-8,11-12H2,(H,20,23)(H,21,24)(H,25,26). The van der Waals surface area contributed by atoms with Crippen molar-refractivity contribution in [2.45, 2.75) is 50.7 Å². The van der Waals surface area contributed by atoms with Gasteiger partial charge in [0, 0.05) is 12.2 Å². The number of aromatic nitrogens is 2. The quantitative estimate of drug-likeness (QED) is 0.407. The highest BCUT2D eigenvalue weighted by Gasteiger charge is 2.22. The summed E-state index contributed by atoms with van der Waals surface area (Å²) in [4.78, 5) is 35.5. The first kappa shape index (κ1) is 20.6. The van der Waals surface area contributed by atoms with Gasteiger partial charge in [0.15, 0.2) is 6.04 Å².